The third-order valence-electron chi connectivity index (χ3n) is 3.44. The van der Waals surface area contributed by atoms with Gasteiger partial charge in [0.15, 0.2) is 5.82 Å². The molecule has 0 aliphatic rings. The van der Waals surface area contributed by atoms with Crippen molar-refractivity contribution in [3.63, 3.8) is 0 Å². The predicted molar refractivity (Wildman–Crippen MR) is 83.9 cm³/mol. The number of oxazole rings is 1. The zero-order valence-electron chi connectivity index (χ0n) is 12.8. The van der Waals surface area contributed by atoms with Crippen molar-refractivity contribution in [1.29, 1.82) is 0 Å². The maximum atomic E-state index is 5.72. The van der Waals surface area contributed by atoms with Crippen molar-refractivity contribution in [2.45, 2.75) is 32.7 Å². The van der Waals surface area contributed by atoms with Gasteiger partial charge in [0.05, 0.1) is 17.0 Å². The largest absolute Gasteiger partial charge is 0.440 e. The third kappa shape index (κ3) is 3.26. The molecular formula is C15H18N4O2S. The van der Waals surface area contributed by atoms with Crippen LogP contribution in [0, 0.1) is 6.92 Å². The van der Waals surface area contributed by atoms with Crippen molar-refractivity contribution in [2.24, 2.45) is 0 Å². The van der Waals surface area contributed by atoms with Crippen LogP contribution in [0.3, 0.4) is 0 Å². The lowest BCUT2D eigenvalue weighted by Crippen LogP contribution is -2.24. The van der Waals surface area contributed by atoms with Crippen LogP contribution in [0.5, 0.6) is 0 Å². The lowest BCUT2D eigenvalue weighted by atomic mass is 10.2. The molecule has 6 nitrogen and oxygen atoms in total. The molecule has 7 heteroatoms. The van der Waals surface area contributed by atoms with E-state index in [2.05, 4.69) is 27.4 Å². The van der Waals surface area contributed by atoms with Crippen LogP contribution in [0.1, 0.15) is 30.1 Å². The molecule has 116 valence electrons. The van der Waals surface area contributed by atoms with E-state index in [-0.39, 0.29) is 0 Å². The van der Waals surface area contributed by atoms with Gasteiger partial charge in [-0.25, -0.2) is 4.98 Å². The molecule has 0 saturated heterocycles. The number of aryl methyl sites for hydroxylation is 1. The van der Waals surface area contributed by atoms with E-state index in [1.165, 1.54) is 0 Å². The zero-order valence-corrected chi connectivity index (χ0v) is 13.6. The van der Waals surface area contributed by atoms with Gasteiger partial charge in [-0.1, -0.05) is 11.2 Å². The highest BCUT2D eigenvalue weighted by Gasteiger charge is 2.16. The zero-order chi connectivity index (χ0) is 15.5. The number of likely N-dealkylation sites (N-methyl/N-ethyl adjacent to an activating group) is 1. The van der Waals surface area contributed by atoms with Crippen molar-refractivity contribution >= 4 is 11.3 Å². The summed E-state index contributed by atoms with van der Waals surface area (Å²) in [5.74, 6) is 2.70. The molecule has 0 bridgehead atoms. The minimum Gasteiger partial charge on any atom is -0.440 e. The first-order chi connectivity index (χ1) is 10.7. The molecule has 1 N–H and O–H groups in total. The summed E-state index contributed by atoms with van der Waals surface area (Å²) in [6.45, 7) is 3.98. The van der Waals surface area contributed by atoms with Crippen molar-refractivity contribution in [3.05, 3.63) is 40.7 Å². The second-order valence-electron chi connectivity index (χ2n) is 5.17. The average Bonchev–Trinajstić information content (AvgIpc) is 3.22. The Morgan fingerprint density at radius 1 is 1.36 bits per heavy atom. The maximum absolute atomic E-state index is 5.72. The van der Waals surface area contributed by atoms with Crippen molar-refractivity contribution in [2.75, 3.05) is 7.05 Å². The molecule has 3 aromatic heterocycles. The molecule has 0 aliphatic heterocycles. The highest BCUT2D eigenvalue weighted by molar-refractivity contribution is 7.13. The summed E-state index contributed by atoms with van der Waals surface area (Å²) in [7, 11) is 1.91. The van der Waals surface area contributed by atoms with E-state index in [0.29, 0.717) is 30.1 Å². The number of rotatable bonds is 6. The van der Waals surface area contributed by atoms with E-state index in [1.807, 2.05) is 31.5 Å². The van der Waals surface area contributed by atoms with Crippen LogP contribution >= 0.6 is 11.3 Å². The second-order valence-corrected chi connectivity index (χ2v) is 6.12. The van der Waals surface area contributed by atoms with Crippen molar-refractivity contribution < 1.29 is 8.94 Å². The van der Waals surface area contributed by atoms with Gasteiger partial charge in [-0.3, -0.25) is 0 Å². The molecule has 0 amide bonds. The molecule has 3 rings (SSSR count). The Bertz CT molecular complexity index is 733. The van der Waals surface area contributed by atoms with E-state index in [4.69, 9.17) is 8.94 Å². The second kappa shape index (κ2) is 6.41. The fraction of sp³-hybridized carbons (Fsp3) is 0.400. The first-order valence-electron chi connectivity index (χ1n) is 7.14. The summed E-state index contributed by atoms with van der Waals surface area (Å²) in [6.07, 6.45) is 1.22. The molecule has 0 aliphatic carbocycles. The van der Waals surface area contributed by atoms with Gasteiger partial charge in [-0.15, -0.1) is 11.3 Å². The summed E-state index contributed by atoms with van der Waals surface area (Å²) in [5, 5.41) is 9.16. The SMILES string of the molecule is CNC(C)Cc1noc(Cc2nc(-c3cccs3)oc2C)n1. The normalized spacial score (nSPS) is 12.7. The minimum absolute atomic E-state index is 0.310. The van der Waals surface area contributed by atoms with E-state index in [9.17, 15) is 0 Å². The molecule has 1 unspecified atom stereocenters. The molecule has 0 saturated carbocycles. The Hall–Kier alpha value is -1.99. The highest BCUT2D eigenvalue weighted by atomic mass is 32.1. The van der Waals surface area contributed by atoms with Crippen molar-refractivity contribution in [1.82, 2.24) is 20.4 Å². The summed E-state index contributed by atoms with van der Waals surface area (Å²) in [6, 6.07) is 4.28. The van der Waals surface area contributed by atoms with Crippen LogP contribution in [0.2, 0.25) is 0 Å². The molecular weight excluding hydrogens is 300 g/mol. The minimum atomic E-state index is 0.310. The lowest BCUT2D eigenvalue weighted by Gasteiger charge is -2.04. The molecule has 0 aromatic carbocycles. The standard InChI is InChI=1S/C15H18N4O2S/c1-9(16-3)7-13-18-14(21-19-13)8-11-10(2)20-15(17-11)12-5-4-6-22-12/h4-6,9,16H,7-8H2,1-3H3. The van der Waals surface area contributed by atoms with Gasteiger partial charge in [-0.05, 0) is 32.3 Å². The van der Waals surface area contributed by atoms with Gasteiger partial charge in [0.25, 0.3) is 0 Å². The number of aromatic nitrogens is 3. The predicted octanol–water partition coefficient (Wildman–Crippen LogP) is 2.84. The maximum Gasteiger partial charge on any atom is 0.236 e. The Kier molecular flexibility index (Phi) is 4.35. The first kappa shape index (κ1) is 14.9. The van der Waals surface area contributed by atoms with Crippen LogP contribution in [0.15, 0.2) is 26.5 Å². The van der Waals surface area contributed by atoms with E-state index in [1.54, 1.807) is 11.3 Å². The van der Waals surface area contributed by atoms with Crippen LogP contribution in [-0.2, 0) is 12.8 Å². The summed E-state index contributed by atoms with van der Waals surface area (Å²) in [5.41, 5.74) is 0.834. The van der Waals surface area contributed by atoms with Crippen LogP contribution in [-0.4, -0.2) is 28.2 Å². The van der Waals surface area contributed by atoms with Gasteiger partial charge >= 0.3 is 0 Å². The molecule has 0 spiro atoms. The summed E-state index contributed by atoms with van der Waals surface area (Å²) in [4.78, 5) is 9.96. The van der Waals surface area contributed by atoms with Gasteiger partial charge in [0.2, 0.25) is 11.8 Å². The quantitative estimate of drug-likeness (QED) is 0.753. The van der Waals surface area contributed by atoms with Gasteiger partial charge in [0, 0.05) is 12.5 Å². The van der Waals surface area contributed by atoms with Crippen LogP contribution in [0.4, 0.5) is 0 Å². The van der Waals surface area contributed by atoms with E-state index in [0.717, 1.165) is 22.8 Å². The Morgan fingerprint density at radius 3 is 2.95 bits per heavy atom. The van der Waals surface area contributed by atoms with E-state index >= 15 is 0 Å². The molecule has 1 atom stereocenters. The van der Waals surface area contributed by atoms with Crippen LogP contribution in [0.25, 0.3) is 10.8 Å². The molecule has 0 radical (unpaired) electrons. The van der Waals surface area contributed by atoms with Crippen LogP contribution < -0.4 is 5.32 Å². The number of hydrogen-bond acceptors (Lipinski definition) is 7. The number of nitrogens with one attached hydrogen (secondary N) is 1. The smallest absolute Gasteiger partial charge is 0.236 e. The average molecular weight is 318 g/mol. The third-order valence-corrected chi connectivity index (χ3v) is 4.29. The number of thiophene rings is 1. The van der Waals surface area contributed by atoms with Crippen molar-refractivity contribution in [3.8, 4) is 10.8 Å². The summed E-state index contributed by atoms with van der Waals surface area (Å²) >= 11 is 1.60. The fourth-order valence-electron chi connectivity index (χ4n) is 2.06. The monoisotopic (exact) mass is 318 g/mol. The highest BCUT2D eigenvalue weighted by Crippen LogP contribution is 2.26. The Balaban J connectivity index is 1.73. The fourth-order valence-corrected chi connectivity index (χ4v) is 2.71. The van der Waals surface area contributed by atoms with Gasteiger partial charge < -0.3 is 14.3 Å². The van der Waals surface area contributed by atoms with E-state index < -0.39 is 0 Å². The van der Waals surface area contributed by atoms with Gasteiger partial charge in [-0.2, -0.15) is 4.98 Å². The molecule has 3 aromatic rings. The molecule has 22 heavy (non-hydrogen) atoms. The lowest BCUT2D eigenvalue weighted by molar-refractivity contribution is 0.376. The Morgan fingerprint density at radius 2 is 2.23 bits per heavy atom. The Labute approximate surface area is 132 Å². The molecule has 0 fully saturated rings. The number of hydrogen-bond donors (Lipinski definition) is 1. The van der Waals surface area contributed by atoms with Gasteiger partial charge in [0.1, 0.15) is 5.76 Å². The first-order valence-corrected chi connectivity index (χ1v) is 8.02. The summed E-state index contributed by atoms with van der Waals surface area (Å²) < 4.78 is 11.0. The topological polar surface area (TPSA) is 77.0 Å². The molecule has 3 heterocycles. The number of nitrogens with zero attached hydrogens (tertiary/aromatic N) is 3.